The highest BCUT2D eigenvalue weighted by Gasteiger charge is 2.31. The van der Waals surface area contributed by atoms with E-state index in [9.17, 15) is 9.90 Å². The van der Waals surface area contributed by atoms with E-state index in [1.165, 1.54) is 27.8 Å². The standard InChI is InChI=1S/C34H44O3/c1-8-34(9-2,28-16-14-25(23(3)20-28)15-19-32(37)33(5,6)7)29-17-18-30(24(4)21-29)26-10-12-27(13-11-26)31(36)22-35/h10-14,16-18,20-21,32,35,37H,8-9,15,19,22H2,1-7H3. The van der Waals surface area contributed by atoms with Gasteiger partial charge in [-0.15, -0.1) is 0 Å². The molecule has 0 spiro atoms. The predicted molar refractivity (Wildman–Crippen MR) is 154 cm³/mol. The van der Waals surface area contributed by atoms with Crippen molar-refractivity contribution in [1.29, 1.82) is 0 Å². The van der Waals surface area contributed by atoms with Gasteiger partial charge in [0.1, 0.15) is 6.61 Å². The van der Waals surface area contributed by atoms with Crippen LogP contribution in [0.15, 0.2) is 60.7 Å². The Morgan fingerprint density at radius 1 is 0.838 bits per heavy atom. The molecule has 0 amide bonds. The molecule has 0 saturated carbocycles. The fraction of sp³-hybridized carbons (Fsp3) is 0.441. The van der Waals surface area contributed by atoms with E-state index in [0.29, 0.717) is 5.56 Å². The monoisotopic (exact) mass is 500 g/mol. The van der Waals surface area contributed by atoms with Crippen LogP contribution in [0.3, 0.4) is 0 Å². The van der Waals surface area contributed by atoms with Crippen molar-refractivity contribution in [2.75, 3.05) is 6.61 Å². The molecule has 3 heteroatoms. The number of rotatable bonds is 10. The van der Waals surface area contributed by atoms with Crippen LogP contribution in [-0.4, -0.2) is 28.7 Å². The van der Waals surface area contributed by atoms with E-state index in [2.05, 4.69) is 84.9 Å². The second-order valence-corrected chi connectivity index (χ2v) is 11.5. The van der Waals surface area contributed by atoms with Gasteiger partial charge in [-0.2, -0.15) is 0 Å². The molecule has 37 heavy (non-hydrogen) atoms. The van der Waals surface area contributed by atoms with Gasteiger partial charge in [-0.1, -0.05) is 95.3 Å². The van der Waals surface area contributed by atoms with Crippen molar-refractivity contribution in [1.82, 2.24) is 0 Å². The number of aliphatic hydroxyl groups excluding tert-OH is 2. The van der Waals surface area contributed by atoms with Gasteiger partial charge in [-0.3, -0.25) is 4.79 Å². The lowest BCUT2D eigenvalue weighted by Crippen LogP contribution is -2.27. The van der Waals surface area contributed by atoms with Crippen molar-refractivity contribution in [3.05, 3.63) is 94.0 Å². The maximum absolute atomic E-state index is 11.8. The Kier molecular flexibility index (Phi) is 9.15. The van der Waals surface area contributed by atoms with Crippen molar-refractivity contribution in [2.45, 2.75) is 85.7 Å². The minimum absolute atomic E-state index is 0.0745. The summed E-state index contributed by atoms with van der Waals surface area (Å²) in [7, 11) is 0. The number of carbonyl (C=O) groups is 1. The summed E-state index contributed by atoms with van der Waals surface area (Å²) in [6, 6.07) is 21.2. The van der Waals surface area contributed by atoms with Gasteiger partial charge in [-0.05, 0) is 83.9 Å². The molecule has 0 saturated heterocycles. The van der Waals surface area contributed by atoms with Gasteiger partial charge >= 0.3 is 0 Å². The van der Waals surface area contributed by atoms with Crippen molar-refractivity contribution in [3.63, 3.8) is 0 Å². The molecule has 2 N–H and O–H groups in total. The highest BCUT2D eigenvalue weighted by Crippen LogP contribution is 2.41. The van der Waals surface area contributed by atoms with Crippen molar-refractivity contribution in [2.24, 2.45) is 5.41 Å². The molecule has 0 heterocycles. The molecule has 198 valence electrons. The first-order chi connectivity index (χ1) is 17.5. The SMILES string of the molecule is CCC(CC)(c1ccc(CCC(O)C(C)(C)C)c(C)c1)c1ccc(-c2ccc(C(=O)CO)cc2)c(C)c1. The molecule has 0 aliphatic heterocycles. The average molecular weight is 501 g/mol. The summed E-state index contributed by atoms with van der Waals surface area (Å²) in [5, 5.41) is 19.6. The number of benzene rings is 3. The molecule has 3 rings (SSSR count). The summed E-state index contributed by atoms with van der Waals surface area (Å²) in [4.78, 5) is 11.8. The van der Waals surface area contributed by atoms with Gasteiger partial charge < -0.3 is 10.2 Å². The molecule has 3 nitrogen and oxygen atoms in total. The number of Topliss-reactive ketones (excluding diaryl/α,β-unsaturated/α-hetero) is 1. The molecule has 0 bridgehead atoms. The Labute approximate surface area is 223 Å². The van der Waals surface area contributed by atoms with Gasteiger partial charge in [0.05, 0.1) is 6.10 Å². The van der Waals surface area contributed by atoms with Crippen LogP contribution in [0, 0.1) is 19.3 Å². The van der Waals surface area contributed by atoms with E-state index in [0.717, 1.165) is 36.8 Å². The molecule has 0 aliphatic rings. The van der Waals surface area contributed by atoms with Crippen LogP contribution in [-0.2, 0) is 11.8 Å². The number of ketones is 1. The van der Waals surface area contributed by atoms with E-state index >= 15 is 0 Å². The lowest BCUT2D eigenvalue weighted by Gasteiger charge is -2.34. The molecule has 1 unspecified atom stereocenters. The summed E-state index contributed by atoms with van der Waals surface area (Å²) in [5.74, 6) is -0.263. The Bertz CT molecular complexity index is 1210. The number of hydrogen-bond donors (Lipinski definition) is 2. The molecular weight excluding hydrogens is 456 g/mol. The second-order valence-electron chi connectivity index (χ2n) is 11.5. The third-order valence-corrected chi connectivity index (χ3v) is 8.23. The maximum atomic E-state index is 11.8. The van der Waals surface area contributed by atoms with Crippen LogP contribution in [0.5, 0.6) is 0 Å². The zero-order valence-electron chi connectivity index (χ0n) is 23.7. The van der Waals surface area contributed by atoms with Gasteiger partial charge in [-0.25, -0.2) is 0 Å². The molecule has 3 aromatic rings. The van der Waals surface area contributed by atoms with Crippen molar-refractivity contribution >= 4 is 5.78 Å². The molecular formula is C34H44O3. The van der Waals surface area contributed by atoms with Gasteiger partial charge in [0.2, 0.25) is 0 Å². The summed E-state index contributed by atoms with van der Waals surface area (Å²) >= 11 is 0. The fourth-order valence-corrected chi connectivity index (χ4v) is 5.44. The van der Waals surface area contributed by atoms with Crippen LogP contribution in [0.25, 0.3) is 11.1 Å². The third kappa shape index (κ3) is 6.22. The second kappa shape index (κ2) is 11.8. The number of hydrogen-bond acceptors (Lipinski definition) is 3. The lowest BCUT2D eigenvalue weighted by atomic mass is 9.69. The Morgan fingerprint density at radius 2 is 1.41 bits per heavy atom. The normalized spacial score (nSPS) is 13.0. The third-order valence-electron chi connectivity index (χ3n) is 8.23. The Balaban J connectivity index is 1.92. The van der Waals surface area contributed by atoms with Gasteiger partial charge in [0.25, 0.3) is 0 Å². The minimum Gasteiger partial charge on any atom is -0.393 e. The molecule has 0 fully saturated rings. The number of aryl methyl sites for hydroxylation is 3. The Hall–Kier alpha value is -2.75. The van der Waals surface area contributed by atoms with E-state index in [1.807, 2.05) is 12.1 Å². The first-order valence-electron chi connectivity index (χ1n) is 13.6. The van der Waals surface area contributed by atoms with Crippen molar-refractivity contribution < 1.29 is 15.0 Å². The Morgan fingerprint density at radius 3 is 1.89 bits per heavy atom. The van der Waals surface area contributed by atoms with Crippen LogP contribution < -0.4 is 0 Å². The van der Waals surface area contributed by atoms with Crippen LogP contribution in [0.1, 0.15) is 92.1 Å². The summed E-state index contributed by atoms with van der Waals surface area (Å²) in [6.45, 7) is 14.7. The van der Waals surface area contributed by atoms with E-state index in [1.54, 1.807) is 12.1 Å². The summed E-state index contributed by atoms with van der Waals surface area (Å²) in [6.07, 6.45) is 3.34. The smallest absolute Gasteiger partial charge is 0.188 e. The molecule has 1 atom stereocenters. The zero-order valence-corrected chi connectivity index (χ0v) is 23.7. The molecule has 0 aromatic heterocycles. The molecule has 0 radical (unpaired) electrons. The van der Waals surface area contributed by atoms with Crippen LogP contribution in [0.2, 0.25) is 0 Å². The lowest BCUT2D eigenvalue weighted by molar-refractivity contribution is 0.0559. The van der Waals surface area contributed by atoms with Crippen LogP contribution >= 0.6 is 0 Å². The average Bonchev–Trinajstić information content (AvgIpc) is 2.88. The predicted octanol–water partition coefficient (Wildman–Crippen LogP) is 7.59. The summed E-state index contributed by atoms with van der Waals surface area (Å²) < 4.78 is 0. The van der Waals surface area contributed by atoms with Gasteiger partial charge in [0, 0.05) is 11.0 Å². The highest BCUT2D eigenvalue weighted by molar-refractivity contribution is 5.97. The van der Waals surface area contributed by atoms with E-state index in [-0.39, 0.29) is 22.7 Å². The molecule has 3 aromatic carbocycles. The van der Waals surface area contributed by atoms with Crippen molar-refractivity contribution in [3.8, 4) is 11.1 Å². The number of aliphatic hydroxyl groups is 2. The maximum Gasteiger partial charge on any atom is 0.188 e. The largest absolute Gasteiger partial charge is 0.393 e. The minimum atomic E-state index is -0.470. The van der Waals surface area contributed by atoms with Crippen LogP contribution in [0.4, 0.5) is 0 Å². The number of carbonyl (C=O) groups excluding carboxylic acids is 1. The fourth-order valence-electron chi connectivity index (χ4n) is 5.44. The summed E-state index contributed by atoms with van der Waals surface area (Å²) in [5.41, 5.74) is 9.03. The first kappa shape index (κ1) is 28.8. The van der Waals surface area contributed by atoms with Gasteiger partial charge in [0.15, 0.2) is 5.78 Å². The van der Waals surface area contributed by atoms with E-state index < -0.39 is 6.61 Å². The highest BCUT2D eigenvalue weighted by atomic mass is 16.3. The van der Waals surface area contributed by atoms with E-state index in [4.69, 9.17) is 5.11 Å². The molecule has 0 aliphatic carbocycles. The first-order valence-corrected chi connectivity index (χ1v) is 13.6. The zero-order chi connectivity index (χ0) is 27.4. The quantitative estimate of drug-likeness (QED) is 0.282. The topological polar surface area (TPSA) is 57.5 Å².